The van der Waals surface area contributed by atoms with Crippen LogP contribution in [0.3, 0.4) is 0 Å². The van der Waals surface area contributed by atoms with Crippen molar-refractivity contribution in [3.8, 4) is 5.75 Å². The summed E-state index contributed by atoms with van der Waals surface area (Å²) in [4.78, 5) is 17.0. The smallest absolute Gasteiger partial charge is 0.227 e. The van der Waals surface area contributed by atoms with Gasteiger partial charge in [-0.05, 0) is 36.6 Å². The maximum Gasteiger partial charge on any atom is 0.227 e. The van der Waals surface area contributed by atoms with Gasteiger partial charge in [0.1, 0.15) is 11.9 Å². The Bertz CT molecular complexity index is 688. The number of methoxy groups -OCH3 is 1. The van der Waals surface area contributed by atoms with Gasteiger partial charge in [0.2, 0.25) is 5.91 Å². The number of carbonyl (C=O) groups is 1. The monoisotopic (exact) mass is 340 g/mol. The fourth-order valence-corrected chi connectivity index (χ4v) is 3.30. The summed E-state index contributed by atoms with van der Waals surface area (Å²) in [5, 5.41) is 3.18. The second-order valence-corrected chi connectivity index (χ2v) is 6.22. The maximum absolute atomic E-state index is 12.8. The molecule has 5 nitrogen and oxygen atoms in total. The standard InChI is InChI=1S/C20H24N2O3/c1-3-17(14-6-8-16(24-2)9-7-14)20(23)22-18-10-12-25-19(18)15-5-4-11-21-13-15/h4-9,11,13,17-19H,3,10,12H2,1-2H3,(H,22,23)/t17?,18-,19+/m0/s1. The van der Waals surface area contributed by atoms with Gasteiger partial charge in [-0.25, -0.2) is 0 Å². The summed E-state index contributed by atoms with van der Waals surface area (Å²) >= 11 is 0. The number of hydrogen-bond donors (Lipinski definition) is 1. The highest BCUT2D eigenvalue weighted by atomic mass is 16.5. The van der Waals surface area contributed by atoms with E-state index >= 15 is 0 Å². The van der Waals surface area contributed by atoms with Crippen LogP contribution < -0.4 is 10.1 Å². The van der Waals surface area contributed by atoms with E-state index in [4.69, 9.17) is 9.47 Å². The molecule has 1 saturated heterocycles. The van der Waals surface area contributed by atoms with Crippen molar-refractivity contribution >= 4 is 5.91 Å². The number of nitrogens with zero attached hydrogens (tertiary/aromatic N) is 1. The summed E-state index contributed by atoms with van der Waals surface area (Å²) in [7, 11) is 1.64. The number of pyridine rings is 1. The summed E-state index contributed by atoms with van der Waals surface area (Å²) in [6, 6.07) is 11.5. The molecule has 1 amide bonds. The van der Waals surface area contributed by atoms with E-state index in [0.29, 0.717) is 6.61 Å². The molecule has 1 N–H and O–H groups in total. The van der Waals surface area contributed by atoms with E-state index in [1.54, 1.807) is 19.5 Å². The second-order valence-electron chi connectivity index (χ2n) is 6.22. The van der Waals surface area contributed by atoms with Crippen LogP contribution in [0.15, 0.2) is 48.8 Å². The Balaban J connectivity index is 1.70. The number of rotatable bonds is 6. The third kappa shape index (κ3) is 3.99. The van der Waals surface area contributed by atoms with Crippen LogP contribution >= 0.6 is 0 Å². The minimum atomic E-state index is -0.180. The fraction of sp³-hybridized carbons (Fsp3) is 0.400. The predicted molar refractivity (Wildman–Crippen MR) is 95.5 cm³/mol. The Labute approximate surface area is 148 Å². The minimum absolute atomic E-state index is 0.0241. The van der Waals surface area contributed by atoms with E-state index in [9.17, 15) is 4.79 Å². The van der Waals surface area contributed by atoms with E-state index in [1.165, 1.54) is 0 Å². The van der Waals surface area contributed by atoms with Crippen LogP contribution in [-0.2, 0) is 9.53 Å². The molecule has 1 aliphatic rings. The molecule has 0 spiro atoms. The molecule has 25 heavy (non-hydrogen) atoms. The van der Waals surface area contributed by atoms with Crippen LogP contribution in [-0.4, -0.2) is 30.6 Å². The van der Waals surface area contributed by atoms with Crippen LogP contribution in [0.4, 0.5) is 0 Å². The summed E-state index contributed by atoms with van der Waals surface area (Å²) in [5.41, 5.74) is 2.00. The molecular weight excluding hydrogens is 316 g/mol. The molecule has 3 rings (SSSR count). The van der Waals surface area contributed by atoms with E-state index in [-0.39, 0.29) is 24.0 Å². The lowest BCUT2D eigenvalue weighted by atomic mass is 9.94. The topological polar surface area (TPSA) is 60.5 Å². The van der Waals surface area contributed by atoms with Gasteiger partial charge in [-0.15, -0.1) is 0 Å². The van der Waals surface area contributed by atoms with Crippen LogP contribution in [0.2, 0.25) is 0 Å². The average Bonchev–Trinajstić information content (AvgIpc) is 3.11. The number of aromatic nitrogens is 1. The number of hydrogen-bond acceptors (Lipinski definition) is 4. The molecule has 0 aliphatic carbocycles. The van der Waals surface area contributed by atoms with Crippen molar-refractivity contribution in [3.05, 3.63) is 59.9 Å². The molecule has 2 heterocycles. The van der Waals surface area contributed by atoms with Gasteiger partial charge in [0.15, 0.2) is 0 Å². The first-order valence-corrected chi connectivity index (χ1v) is 8.68. The Morgan fingerprint density at radius 1 is 1.36 bits per heavy atom. The molecule has 1 fully saturated rings. The molecule has 2 aromatic rings. The largest absolute Gasteiger partial charge is 0.497 e. The molecule has 132 valence electrons. The summed E-state index contributed by atoms with van der Waals surface area (Å²) in [6.07, 6.45) is 4.96. The van der Waals surface area contributed by atoms with E-state index < -0.39 is 0 Å². The third-order valence-corrected chi connectivity index (χ3v) is 4.68. The number of amides is 1. The zero-order valence-electron chi connectivity index (χ0n) is 14.6. The Kier molecular flexibility index (Phi) is 5.66. The number of benzene rings is 1. The summed E-state index contributed by atoms with van der Waals surface area (Å²) < 4.78 is 11.0. The highest BCUT2D eigenvalue weighted by Crippen LogP contribution is 2.30. The summed E-state index contributed by atoms with van der Waals surface area (Å²) in [5.74, 6) is 0.651. The first kappa shape index (κ1) is 17.4. The van der Waals surface area contributed by atoms with Crippen molar-refractivity contribution in [2.45, 2.75) is 37.8 Å². The lowest BCUT2D eigenvalue weighted by molar-refractivity contribution is -0.123. The van der Waals surface area contributed by atoms with Crippen molar-refractivity contribution in [1.29, 1.82) is 0 Å². The van der Waals surface area contributed by atoms with Gasteiger partial charge in [-0.1, -0.05) is 25.1 Å². The first-order chi connectivity index (χ1) is 12.2. The second kappa shape index (κ2) is 8.12. The van der Waals surface area contributed by atoms with E-state index in [1.807, 2.05) is 43.3 Å². The highest BCUT2D eigenvalue weighted by Gasteiger charge is 2.32. The quantitative estimate of drug-likeness (QED) is 0.877. The van der Waals surface area contributed by atoms with Crippen LogP contribution in [0.25, 0.3) is 0 Å². The minimum Gasteiger partial charge on any atom is -0.497 e. The third-order valence-electron chi connectivity index (χ3n) is 4.68. The number of nitrogens with one attached hydrogen (secondary N) is 1. The molecule has 5 heteroatoms. The number of ether oxygens (including phenoxy) is 2. The zero-order chi connectivity index (χ0) is 17.6. The number of carbonyl (C=O) groups excluding carboxylic acids is 1. The Morgan fingerprint density at radius 2 is 2.16 bits per heavy atom. The van der Waals surface area contributed by atoms with Gasteiger partial charge in [0.05, 0.1) is 19.1 Å². The molecule has 1 unspecified atom stereocenters. The maximum atomic E-state index is 12.8. The Morgan fingerprint density at radius 3 is 2.80 bits per heavy atom. The van der Waals surface area contributed by atoms with E-state index in [2.05, 4.69) is 10.3 Å². The lowest BCUT2D eigenvalue weighted by Crippen LogP contribution is -2.39. The molecular formula is C20H24N2O3. The normalized spacial score (nSPS) is 20.9. The molecule has 0 bridgehead atoms. The van der Waals surface area contributed by atoms with E-state index in [0.717, 1.165) is 29.7 Å². The average molecular weight is 340 g/mol. The van der Waals surface area contributed by atoms with Crippen LogP contribution in [0, 0.1) is 0 Å². The van der Waals surface area contributed by atoms with Crippen LogP contribution in [0.5, 0.6) is 5.75 Å². The van der Waals surface area contributed by atoms with Gasteiger partial charge in [-0.3, -0.25) is 9.78 Å². The highest BCUT2D eigenvalue weighted by molar-refractivity contribution is 5.84. The van der Waals surface area contributed by atoms with Crippen molar-refractivity contribution in [3.63, 3.8) is 0 Å². The first-order valence-electron chi connectivity index (χ1n) is 8.68. The lowest BCUT2D eigenvalue weighted by Gasteiger charge is -2.23. The molecule has 1 aliphatic heterocycles. The summed E-state index contributed by atoms with van der Waals surface area (Å²) in [6.45, 7) is 2.67. The van der Waals surface area contributed by atoms with Crippen molar-refractivity contribution < 1.29 is 14.3 Å². The fourth-order valence-electron chi connectivity index (χ4n) is 3.30. The predicted octanol–water partition coefficient (Wildman–Crippen LogP) is 3.23. The van der Waals surface area contributed by atoms with Gasteiger partial charge >= 0.3 is 0 Å². The molecule has 1 aromatic carbocycles. The van der Waals surface area contributed by atoms with Crippen molar-refractivity contribution in [1.82, 2.24) is 10.3 Å². The van der Waals surface area contributed by atoms with Gasteiger partial charge in [0, 0.05) is 24.6 Å². The molecule has 1 aromatic heterocycles. The molecule has 0 radical (unpaired) electrons. The van der Waals surface area contributed by atoms with Gasteiger partial charge in [0.25, 0.3) is 0 Å². The van der Waals surface area contributed by atoms with Crippen molar-refractivity contribution in [2.75, 3.05) is 13.7 Å². The molecule has 0 saturated carbocycles. The Hall–Kier alpha value is -2.40. The van der Waals surface area contributed by atoms with Crippen LogP contribution in [0.1, 0.15) is 42.9 Å². The van der Waals surface area contributed by atoms with Gasteiger partial charge < -0.3 is 14.8 Å². The zero-order valence-corrected chi connectivity index (χ0v) is 14.6. The molecule has 3 atom stereocenters. The SMILES string of the molecule is CCC(C(=O)N[C@H]1CCO[C@@H]1c1cccnc1)c1ccc(OC)cc1. The van der Waals surface area contributed by atoms with Gasteiger partial charge in [-0.2, -0.15) is 0 Å². The van der Waals surface area contributed by atoms with Crippen molar-refractivity contribution in [2.24, 2.45) is 0 Å².